The Kier molecular flexibility index (Phi) is 5.10. The van der Waals surface area contributed by atoms with Crippen LogP contribution in [0.3, 0.4) is 0 Å². The van der Waals surface area contributed by atoms with E-state index >= 15 is 0 Å². The summed E-state index contributed by atoms with van der Waals surface area (Å²) >= 11 is 0. The lowest BCUT2D eigenvalue weighted by atomic mass is 9.88. The zero-order valence-corrected chi connectivity index (χ0v) is 18.4. The molecule has 3 aromatic carbocycles. The van der Waals surface area contributed by atoms with E-state index in [1.807, 2.05) is 6.07 Å². The van der Waals surface area contributed by atoms with Crippen LogP contribution >= 0.6 is 0 Å². The number of hydrogen-bond acceptors (Lipinski definition) is 5. The van der Waals surface area contributed by atoms with E-state index in [1.165, 1.54) is 52.8 Å². The van der Waals surface area contributed by atoms with Crippen molar-refractivity contribution in [1.82, 2.24) is 0 Å². The first-order valence-electron chi connectivity index (χ1n) is 10.2. The Morgan fingerprint density at radius 2 is 1.59 bits per heavy atom. The number of anilines is 1. The number of benzene rings is 3. The maximum atomic E-state index is 14.1. The zero-order chi connectivity index (χ0) is 24.0. The second-order valence-electron chi connectivity index (χ2n) is 7.83. The molecule has 0 unspecified atom stereocenters. The molecule has 0 fully saturated rings. The fourth-order valence-corrected chi connectivity index (χ4v) is 6.14. The summed E-state index contributed by atoms with van der Waals surface area (Å²) in [5.41, 5.74) is 7.74. The van der Waals surface area contributed by atoms with Gasteiger partial charge in [-0.3, -0.25) is 4.31 Å². The minimum Gasteiger partial charge on any atom is -0.439 e. The van der Waals surface area contributed by atoms with E-state index in [0.717, 1.165) is 0 Å². The molecule has 34 heavy (non-hydrogen) atoms. The van der Waals surface area contributed by atoms with Gasteiger partial charge in [0.1, 0.15) is 28.2 Å². The van der Waals surface area contributed by atoms with Gasteiger partial charge in [0.2, 0.25) is 5.88 Å². The summed E-state index contributed by atoms with van der Waals surface area (Å²) in [6.45, 7) is -0.0758. The largest absolute Gasteiger partial charge is 0.439 e. The van der Waals surface area contributed by atoms with Gasteiger partial charge in [0.05, 0.1) is 18.2 Å². The number of nitrogens with two attached hydrogens (primary N) is 1. The van der Waals surface area contributed by atoms with Gasteiger partial charge < -0.3 is 10.5 Å². The summed E-state index contributed by atoms with van der Waals surface area (Å²) in [6.07, 6.45) is 0. The number of nitriles is 1. The topological polar surface area (TPSA) is 96.4 Å². The molecule has 0 amide bonds. The molecule has 2 aliphatic rings. The van der Waals surface area contributed by atoms with E-state index in [1.54, 1.807) is 24.3 Å². The third kappa shape index (κ3) is 3.40. The van der Waals surface area contributed by atoms with Crippen LogP contribution < -0.4 is 10.0 Å². The fourth-order valence-electron chi connectivity index (χ4n) is 4.22. The van der Waals surface area contributed by atoms with E-state index < -0.39 is 27.6 Å². The highest BCUT2D eigenvalue weighted by Gasteiger charge is 2.47. The normalized spacial score (nSPS) is 18.6. The van der Waals surface area contributed by atoms with Crippen molar-refractivity contribution >= 4 is 21.5 Å². The molecule has 6 nitrogen and oxygen atoms in total. The summed E-state index contributed by atoms with van der Waals surface area (Å²) in [5.74, 6) is -2.23. The molecule has 170 valence electrons. The molecule has 1 atom stereocenters. The molecule has 9 heteroatoms. The predicted molar refractivity (Wildman–Crippen MR) is 122 cm³/mol. The molecule has 0 aromatic heterocycles. The molecule has 3 aromatic rings. The van der Waals surface area contributed by atoms with Crippen LogP contribution in [0.15, 0.2) is 89.2 Å². The average Bonchev–Trinajstić information content (AvgIpc) is 2.82. The van der Waals surface area contributed by atoms with E-state index in [9.17, 15) is 22.5 Å². The number of fused-ring (bicyclic) bond motifs is 2. The molecule has 2 aliphatic heterocycles. The monoisotopic (exact) mass is 477 g/mol. The summed E-state index contributed by atoms with van der Waals surface area (Å²) in [5, 5.41) is 9.82. The summed E-state index contributed by atoms with van der Waals surface area (Å²) in [6, 6.07) is 19.4. The van der Waals surface area contributed by atoms with Crippen molar-refractivity contribution in [3.05, 3.63) is 117 Å². The SMILES string of the molecule is N#CC1=C(N)OC2=C([C@@H]1c1ccc(F)cc1)S(=O)(=O)N(Cc1ccc(F)cc1)c1ccccc12. The summed E-state index contributed by atoms with van der Waals surface area (Å²) in [4.78, 5) is -0.161. The van der Waals surface area contributed by atoms with E-state index in [2.05, 4.69) is 0 Å². The van der Waals surface area contributed by atoms with Crippen LogP contribution in [-0.2, 0) is 21.3 Å². The Balaban J connectivity index is 1.75. The van der Waals surface area contributed by atoms with Gasteiger partial charge in [-0.15, -0.1) is 0 Å². The maximum Gasteiger partial charge on any atom is 0.265 e. The van der Waals surface area contributed by atoms with Crippen molar-refractivity contribution < 1.29 is 21.9 Å². The molecular weight excluding hydrogens is 460 g/mol. The van der Waals surface area contributed by atoms with Crippen molar-refractivity contribution in [3.63, 3.8) is 0 Å². The number of para-hydroxylation sites is 1. The molecule has 2 N–H and O–H groups in total. The van der Waals surface area contributed by atoms with Gasteiger partial charge in [0.15, 0.2) is 5.76 Å². The number of halogens is 2. The van der Waals surface area contributed by atoms with E-state index in [4.69, 9.17) is 10.5 Å². The number of allylic oxidation sites excluding steroid dienone is 2. The Morgan fingerprint density at radius 3 is 2.24 bits per heavy atom. The number of nitrogens with zero attached hydrogens (tertiary/aromatic N) is 2. The van der Waals surface area contributed by atoms with Crippen molar-refractivity contribution in [2.45, 2.75) is 12.5 Å². The third-order valence-corrected chi connectivity index (χ3v) is 7.68. The van der Waals surface area contributed by atoms with Gasteiger partial charge in [-0.1, -0.05) is 36.4 Å². The van der Waals surface area contributed by atoms with Crippen LogP contribution in [-0.4, -0.2) is 8.42 Å². The highest BCUT2D eigenvalue weighted by Crippen LogP contribution is 2.51. The van der Waals surface area contributed by atoms with E-state index in [0.29, 0.717) is 22.4 Å². The molecular formula is C25H17F2N3O3S. The van der Waals surface area contributed by atoms with E-state index in [-0.39, 0.29) is 28.7 Å². The standard InChI is InChI=1S/C25H17F2N3O3S/c26-17-9-5-15(6-10-17)14-30-21-4-2-1-3-19(21)23-24(34(30,31)32)22(20(13-28)25(29)33-23)16-7-11-18(27)12-8-16/h1-12,22H,14,29H2/t22-/m1/s1. The second kappa shape index (κ2) is 8.01. The Labute approximate surface area is 194 Å². The highest BCUT2D eigenvalue weighted by molar-refractivity contribution is 7.96. The Hall–Kier alpha value is -4.16. The minimum absolute atomic E-state index is 0.0248. The zero-order valence-electron chi connectivity index (χ0n) is 17.6. The average molecular weight is 477 g/mol. The van der Waals surface area contributed by atoms with Crippen molar-refractivity contribution in [2.24, 2.45) is 5.73 Å². The minimum atomic E-state index is -4.26. The quantitative estimate of drug-likeness (QED) is 0.600. The highest BCUT2D eigenvalue weighted by atomic mass is 32.2. The smallest absolute Gasteiger partial charge is 0.265 e. The maximum absolute atomic E-state index is 14.1. The molecule has 0 saturated carbocycles. The van der Waals surface area contributed by atoms with Crippen molar-refractivity contribution in [2.75, 3.05) is 4.31 Å². The van der Waals surface area contributed by atoms with Crippen LogP contribution in [0.25, 0.3) is 5.76 Å². The lowest BCUT2D eigenvalue weighted by molar-refractivity contribution is 0.357. The molecule has 0 radical (unpaired) electrons. The van der Waals surface area contributed by atoms with Crippen LogP contribution in [0.4, 0.5) is 14.5 Å². The van der Waals surface area contributed by atoms with Gasteiger partial charge >= 0.3 is 0 Å². The number of ether oxygens (including phenoxy) is 1. The van der Waals surface area contributed by atoms with Crippen LogP contribution in [0.1, 0.15) is 22.6 Å². The van der Waals surface area contributed by atoms with Crippen LogP contribution in [0, 0.1) is 23.0 Å². The number of hydrogen-bond donors (Lipinski definition) is 1. The van der Waals surface area contributed by atoms with Crippen molar-refractivity contribution in [1.29, 1.82) is 5.26 Å². The molecule has 0 saturated heterocycles. The molecule has 0 spiro atoms. The Bertz CT molecular complexity index is 1510. The lowest BCUT2D eigenvalue weighted by Gasteiger charge is -2.38. The first-order chi connectivity index (χ1) is 16.3. The number of sulfonamides is 1. The molecule has 5 rings (SSSR count). The van der Waals surface area contributed by atoms with Gasteiger partial charge in [-0.05, 0) is 47.5 Å². The first-order valence-corrected chi connectivity index (χ1v) is 11.7. The fraction of sp³-hybridized carbons (Fsp3) is 0.0800. The molecule has 0 aliphatic carbocycles. The molecule has 0 bridgehead atoms. The summed E-state index contributed by atoms with van der Waals surface area (Å²) < 4.78 is 62.1. The third-order valence-electron chi connectivity index (χ3n) is 5.80. The lowest BCUT2D eigenvalue weighted by Crippen LogP contribution is -2.39. The van der Waals surface area contributed by atoms with Gasteiger partial charge in [-0.2, -0.15) is 5.26 Å². The first kappa shape index (κ1) is 21.7. The summed E-state index contributed by atoms with van der Waals surface area (Å²) in [7, 11) is -4.26. The van der Waals surface area contributed by atoms with Crippen LogP contribution in [0.2, 0.25) is 0 Å². The second-order valence-corrected chi connectivity index (χ2v) is 9.66. The van der Waals surface area contributed by atoms with Gasteiger partial charge in [0, 0.05) is 5.56 Å². The Morgan fingerprint density at radius 1 is 0.971 bits per heavy atom. The number of rotatable bonds is 3. The van der Waals surface area contributed by atoms with Gasteiger partial charge in [-0.25, -0.2) is 17.2 Å². The van der Waals surface area contributed by atoms with Crippen LogP contribution in [0.5, 0.6) is 0 Å². The van der Waals surface area contributed by atoms with Gasteiger partial charge in [0.25, 0.3) is 10.0 Å². The van der Waals surface area contributed by atoms with Crippen molar-refractivity contribution in [3.8, 4) is 6.07 Å². The molecule has 2 heterocycles. The predicted octanol–water partition coefficient (Wildman–Crippen LogP) is 4.49.